The predicted octanol–water partition coefficient (Wildman–Crippen LogP) is 2.53. The van der Waals surface area contributed by atoms with E-state index in [9.17, 15) is 4.79 Å². The Balaban J connectivity index is 1.47. The first-order valence-corrected chi connectivity index (χ1v) is 9.01. The van der Waals surface area contributed by atoms with Crippen molar-refractivity contribution < 1.29 is 4.79 Å². The Morgan fingerprint density at radius 2 is 2.19 bits per heavy atom. The molecule has 27 heavy (non-hydrogen) atoms. The summed E-state index contributed by atoms with van der Waals surface area (Å²) in [5.41, 5.74) is 3.95. The van der Waals surface area contributed by atoms with E-state index in [0.717, 1.165) is 23.5 Å². The van der Waals surface area contributed by atoms with Crippen molar-refractivity contribution in [2.24, 2.45) is 5.92 Å². The minimum atomic E-state index is 0.194. The molecule has 0 radical (unpaired) electrons. The molecule has 2 aromatic heterocycles. The summed E-state index contributed by atoms with van der Waals surface area (Å²) in [6.07, 6.45) is 6.08. The van der Waals surface area contributed by atoms with Crippen molar-refractivity contribution in [1.82, 2.24) is 24.6 Å². The van der Waals surface area contributed by atoms with E-state index in [4.69, 9.17) is 0 Å². The maximum atomic E-state index is 11.6. The summed E-state index contributed by atoms with van der Waals surface area (Å²) in [6, 6.07) is 10.1. The number of hydrogen-bond acceptors (Lipinski definition) is 5. The molecule has 0 saturated carbocycles. The van der Waals surface area contributed by atoms with Gasteiger partial charge in [-0.05, 0) is 30.7 Å². The second kappa shape index (κ2) is 7.19. The predicted molar refractivity (Wildman–Crippen MR) is 104 cm³/mol. The Hall–Kier alpha value is -3.22. The molecule has 1 aromatic carbocycles. The largest absolute Gasteiger partial charge is 0.354 e. The SMILES string of the molecule is Cc1cccc(-n2cc(-c3ccnc(NCC4CC(=O)N(C)C4)n3)cn2)c1. The standard InChI is InChI=1S/C20H22N6O/c1-14-4-3-5-17(8-14)26-13-16(11-23-26)18-6-7-21-20(24-18)22-10-15-9-19(27)25(2)12-15/h3-8,11,13,15H,9-10,12H2,1-2H3,(H,21,22,24). The van der Waals surface area contributed by atoms with E-state index in [1.807, 2.05) is 36.1 Å². The highest BCUT2D eigenvalue weighted by Gasteiger charge is 2.26. The molecule has 0 bridgehead atoms. The number of benzene rings is 1. The van der Waals surface area contributed by atoms with Crippen LogP contribution in [0.4, 0.5) is 5.95 Å². The van der Waals surface area contributed by atoms with Crippen LogP contribution in [0.2, 0.25) is 0 Å². The molecule has 7 heteroatoms. The van der Waals surface area contributed by atoms with Crippen molar-refractivity contribution in [3.8, 4) is 16.9 Å². The van der Waals surface area contributed by atoms with Crippen molar-refractivity contribution >= 4 is 11.9 Å². The molecule has 1 N–H and O–H groups in total. The fourth-order valence-electron chi connectivity index (χ4n) is 3.30. The Kier molecular flexibility index (Phi) is 4.58. The second-order valence-corrected chi connectivity index (χ2v) is 7.00. The van der Waals surface area contributed by atoms with E-state index >= 15 is 0 Å². The monoisotopic (exact) mass is 362 g/mol. The highest BCUT2D eigenvalue weighted by Crippen LogP contribution is 2.20. The molecule has 1 aliphatic heterocycles. The Morgan fingerprint density at radius 1 is 1.30 bits per heavy atom. The number of nitrogens with zero attached hydrogens (tertiary/aromatic N) is 5. The zero-order chi connectivity index (χ0) is 18.8. The fourth-order valence-corrected chi connectivity index (χ4v) is 3.30. The maximum Gasteiger partial charge on any atom is 0.223 e. The lowest BCUT2D eigenvalue weighted by atomic mass is 10.1. The molecular formula is C20H22N6O. The molecule has 3 heterocycles. The van der Waals surface area contributed by atoms with Gasteiger partial charge >= 0.3 is 0 Å². The van der Waals surface area contributed by atoms with E-state index in [2.05, 4.69) is 39.4 Å². The highest BCUT2D eigenvalue weighted by molar-refractivity contribution is 5.78. The summed E-state index contributed by atoms with van der Waals surface area (Å²) in [5.74, 6) is 1.05. The molecule has 0 aliphatic carbocycles. The summed E-state index contributed by atoms with van der Waals surface area (Å²) in [6.45, 7) is 3.52. The topological polar surface area (TPSA) is 75.9 Å². The third-order valence-electron chi connectivity index (χ3n) is 4.77. The van der Waals surface area contributed by atoms with Crippen LogP contribution in [0.5, 0.6) is 0 Å². The van der Waals surface area contributed by atoms with Gasteiger partial charge in [-0.25, -0.2) is 14.6 Å². The number of aromatic nitrogens is 4. The molecule has 138 valence electrons. The third-order valence-corrected chi connectivity index (χ3v) is 4.77. The molecule has 3 aromatic rings. The van der Waals surface area contributed by atoms with Crippen LogP contribution >= 0.6 is 0 Å². The van der Waals surface area contributed by atoms with Crippen LogP contribution in [0.1, 0.15) is 12.0 Å². The Labute approximate surface area is 158 Å². The van der Waals surface area contributed by atoms with Crippen LogP contribution < -0.4 is 5.32 Å². The molecule has 1 aliphatic rings. The van der Waals surface area contributed by atoms with E-state index in [-0.39, 0.29) is 5.91 Å². The fraction of sp³-hybridized carbons (Fsp3) is 0.300. The van der Waals surface area contributed by atoms with Gasteiger partial charge in [0.2, 0.25) is 11.9 Å². The lowest BCUT2D eigenvalue weighted by Gasteiger charge is -2.11. The average molecular weight is 362 g/mol. The maximum absolute atomic E-state index is 11.6. The van der Waals surface area contributed by atoms with Gasteiger partial charge in [0.25, 0.3) is 0 Å². The number of likely N-dealkylation sites (tertiary alicyclic amines) is 1. The lowest BCUT2D eigenvalue weighted by molar-refractivity contribution is -0.126. The second-order valence-electron chi connectivity index (χ2n) is 7.00. The average Bonchev–Trinajstić information content (AvgIpc) is 3.28. The van der Waals surface area contributed by atoms with Crippen molar-refractivity contribution in [3.05, 3.63) is 54.5 Å². The van der Waals surface area contributed by atoms with Crippen LogP contribution in [-0.2, 0) is 4.79 Å². The minimum Gasteiger partial charge on any atom is -0.354 e. The number of aryl methyl sites for hydroxylation is 1. The van der Waals surface area contributed by atoms with Crippen LogP contribution in [-0.4, -0.2) is 50.7 Å². The number of anilines is 1. The molecule has 1 saturated heterocycles. The van der Waals surface area contributed by atoms with Crippen molar-refractivity contribution in [1.29, 1.82) is 0 Å². The van der Waals surface area contributed by atoms with Gasteiger partial charge in [0.05, 0.1) is 17.6 Å². The van der Waals surface area contributed by atoms with Gasteiger partial charge in [-0.1, -0.05) is 12.1 Å². The summed E-state index contributed by atoms with van der Waals surface area (Å²) in [5, 5.41) is 7.71. The van der Waals surface area contributed by atoms with Gasteiger partial charge in [0.15, 0.2) is 0 Å². The number of nitrogens with one attached hydrogen (secondary N) is 1. The third kappa shape index (κ3) is 3.81. The first kappa shape index (κ1) is 17.2. The van der Waals surface area contributed by atoms with Gasteiger partial charge in [-0.15, -0.1) is 0 Å². The highest BCUT2D eigenvalue weighted by atomic mass is 16.2. The number of amides is 1. The van der Waals surface area contributed by atoms with E-state index < -0.39 is 0 Å². The minimum absolute atomic E-state index is 0.194. The van der Waals surface area contributed by atoms with E-state index in [0.29, 0.717) is 24.8 Å². The molecule has 1 amide bonds. The summed E-state index contributed by atoms with van der Waals surface area (Å²) < 4.78 is 1.84. The van der Waals surface area contributed by atoms with Gasteiger partial charge in [-0.3, -0.25) is 4.79 Å². The zero-order valence-corrected chi connectivity index (χ0v) is 15.5. The first-order chi connectivity index (χ1) is 13.1. The molecular weight excluding hydrogens is 340 g/mol. The first-order valence-electron chi connectivity index (χ1n) is 9.01. The molecule has 0 spiro atoms. The number of carbonyl (C=O) groups excluding carboxylic acids is 1. The van der Waals surface area contributed by atoms with Gasteiger partial charge in [-0.2, -0.15) is 5.10 Å². The van der Waals surface area contributed by atoms with Crippen LogP contribution in [0, 0.1) is 12.8 Å². The van der Waals surface area contributed by atoms with E-state index in [1.165, 1.54) is 5.56 Å². The summed E-state index contributed by atoms with van der Waals surface area (Å²) >= 11 is 0. The summed E-state index contributed by atoms with van der Waals surface area (Å²) in [4.78, 5) is 22.3. The number of hydrogen-bond donors (Lipinski definition) is 1. The summed E-state index contributed by atoms with van der Waals surface area (Å²) in [7, 11) is 1.84. The smallest absolute Gasteiger partial charge is 0.223 e. The molecule has 1 fully saturated rings. The van der Waals surface area contributed by atoms with E-state index in [1.54, 1.807) is 17.3 Å². The van der Waals surface area contributed by atoms with Crippen LogP contribution in [0.3, 0.4) is 0 Å². The quantitative estimate of drug-likeness (QED) is 0.755. The van der Waals surface area contributed by atoms with Crippen molar-refractivity contribution in [2.45, 2.75) is 13.3 Å². The molecule has 7 nitrogen and oxygen atoms in total. The Morgan fingerprint density at radius 3 is 2.96 bits per heavy atom. The molecule has 1 unspecified atom stereocenters. The number of rotatable bonds is 5. The zero-order valence-electron chi connectivity index (χ0n) is 15.5. The Bertz CT molecular complexity index is 966. The lowest BCUT2D eigenvalue weighted by Crippen LogP contribution is -2.21. The van der Waals surface area contributed by atoms with Crippen molar-refractivity contribution in [2.75, 3.05) is 25.5 Å². The van der Waals surface area contributed by atoms with Gasteiger partial charge in [0, 0.05) is 50.4 Å². The van der Waals surface area contributed by atoms with Gasteiger partial charge < -0.3 is 10.2 Å². The van der Waals surface area contributed by atoms with Crippen LogP contribution in [0.25, 0.3) is 16.9 Å². The normalized spacial score (nSPS) is 16.7. The molecule has 1 atom stereocenters. The van der Waals surface area contributed by atoms with Crippen molar-refractivity contribution in [3.63, 3.8) is 0 Å². The number of carbonyl (C=O) groups is 1. The van der Waals surface area contributed by atoms with Crippen LogP contribution in [0.15, 0.2) is 48.9 Å². The molecule has 4 rings (SSSR count). The van der Waals surface area contributed by atoms with Gasteiger partial charge in [0.1, 0.15) is 0 Å².